The van der Waals surface area contributed by atoms with E-state index in [-0.39, 0.29) is 0 Å². The van der Waals surface area contributed by atoms with Crippen LogP contribution in [-0.4, -0.2) is 41.6 Å². The number of thioether (sulfide) groups is 1. The smallest absolute Gasteiger partial charge is 0.191 e. The van der Waals surface area contributed by atoms with Gasteiger partial charge in [0.15, 0.2) is 5.96 Å². The van der Waals surface area contributed by atoms with Gasteiger partial charge in [0.05, 0.1) is 6.20 Å². The van der Waals surface area contributed by atoms with Gasteiger partial charge < -0.3 is 10.6 Å². The topological polar surface area (TPSA) is 54.2 Å². The zero-order chi connectivity index (χ0) is 16.5. The number of nitrogens with one attached hydrogen (secondary N) is 2. The van der Waals surface area contributed by atoms with Crippen molar-refractivity contribution in [2.75, 3.05) is 25.9 Å². The van der Waals surface area contributed by atoms with Crippen molar-refractivity contribution in [3.63, 3.8) is 0 Å². The number of hydrogen-bond acceptors (Lipinski definition) is 3. The lowest BCUT2D eigenvalue weighted by molar-refractivity contribution is 0.765. The minimum atomic E-state index is 0.769. The van der Waals surface area contributed by atoms with Crippen LogP contribution in [0.4, 0.5) is 0 Å². The third kappa shape index (κ3) is 6.54. The van der Waals surface area contributed by atoms with Crippen molar-refractivity contribution in [1.29, 1.82) is 0 Å². The minimum absolute atomic E-state index is 0.769. The second kappa shape index (κ2) is 9.47. The van der Waals surface area contributed by atoms with Gasteiger partial charge in [-0.25, -0.2) is 0 Å². The number of aryl methyl sites for hydroxylation is 1. The Labute approximate surface area is 146 Å². The van der Waals surface area contributed by atoms with Crippen LogP contribution in [0.3, 0.4) is 0 Å². The number of benzene rings is 1. The summed E-state index contributed by atoms with van der Waals surface area (Å²) in [6.07, 6.45) is 4.84. The standard InChI is InChI=1S/C16H22ClN5S/c1-18-16(19-8-7-13-11-21-22(2)12-13)20-9-10-23-15-5-3-14(17)4-6-15/h3-6,11-12H,7-10H2,1-2H3,(H2,18,19,20). The van der Waals surface area contributed by atoms with E-state index in [1.165, 1.54) is 10.5 Å². The van der Waals surface area contributed by atoms with Gasteiger partial charge >= 0.3 is 0 Å². The first kappa shape index (κ1) is 17.7. The van der Waals surface area contributed by atoms with Crippen molar-refractivity contribution in [2.45, 2.75) is 11.3 Å². The molecule has 23 heavy (non-hydrogen) atoms. The molecule has 5 nitrogen and oxygen atoms in total. The van der Waals surface area contributed by atoms with Gasteiger partial charge in [-0.05, 0) is 36.2 Å². The summed E-state index contributed by atoms with van der Waals surface area (Å²) >= 11 is 7.67. The first-order valence-electron chi connectivity index (χ1n) is 7.48. The van der Waals surface area contributed by atoms with Gasteiger partial charge in [0.1, 0.15) is 0 Å². The molecule has 0 bridgehead atoms. The molecule has 0 spiro atoms. The molecule has 0 amide bonds. The van der Waals surface area contributed by atoms with Crippen molar-refractivity contribution in [2.24, 2.45) is 12.0 Å². The SMILES string of the molecule is CN=C(NCCSc1ccc(Cl)cc1)NCCc1cnn(C)c1. The van der Waals surface area contributed by atoms with Crippen LogP contribution in [0, 0.1) is 0 Å². The molecular weight excluding hydrogens is 330 g/mol. The Hall–Kier alpha value is -1.66. The van der Waals surface area contributed by atoms with E-state index in [0.717, 1.165) is 36.2 Å². The van der Waals surface area contributed by atoms with Crippen LogP contribution >= 0.6 is 23.4 Å². The molecule has 7 heteroatoms. The fraction of sp³-hybridized carbons (Fsp3) is 0.375. The number of hydrogen-bond donors (Lipinski definition) is 2. The molecule has 2 rings (SSSR count). The largest absolute Gasteiger partial charge is 0.356 e. The zero-order valence-electron chi connectivity index (χ0n) is 13.4. The Balaban J connectivity index is 1.62. The summed E-state index contributed by atoms with van der Waals surface area (Å²) in [7, 11) is 3.71. The van der Waals surface area contributed by atoms with Gasteiger partial charge in [0.2, 0.25) is 0 Å². The van der Waals surface area contributed by atoms with Crippen LogP contribution in [0.25, 0.3) is 0 Å². The molecule has 2 aromatic rings. The number of nitrogens with zero attached hydrogens (tertiary/aromatic N) is 3. The molecule has 0 saturated heterocycles. The molecule has 124 valence electrons. The highest BCUT2D eigenvalue weighted by molar-refractivity contribution is 7.99. The Bertz CT molecular complexity index is 624. The predicted molar refractivity (Wildman–Crippen MR) is 98.5 cm³/mol. The molecule has 0 saturated carbocycles. The van der Waals surface area contributed by atoms with E-state index in [0.29, 0.717) is 0 Å². The van der Waals surface area contributed by atoms with Crippen LogP contribution < -0.4 is 10.6 Å². The van der Waals surface area contributed by atoms with Crippen LogP contribution in [0.1, 0.15) is 5.56 Å². The maximum absolute atomic E-state index is 5.88. The summed E-state index contributed by atoms with van der Waals surface area (Å²) in [4.78, 5) is 5.45. The first-order valence-corrected chi connectivity index (χ1v) is 8.84. The summed E-state index contributed by atoms with van der Waals surface area (Å²) < 4.78 is 1.82. The lowest BCUT2D eigenvalue weighted by Crippen LogP contribution is -2.39. The molecule has 0 unspecified atom stereocenters. The number of guanidine groups is 1. The monoisotopic (exact) mass is 351 g/mol. The molecule has 0 atom stereocenters. The summed E-state index contributed by atoms with van der Waals surface area (Å²) in [5.41, 5.74) is 1.22. The summed E-state index contributed by atoms with van der Waals surface area (Å²) in [5.74, 6) is 1.79. The van der Waals surface area contributed by atoms with Crippen LogP contribution in [0.15, 0.2) is 46.5 Å². The van der Waals surface area contributed by atoms with Gasteiger partial charge in [-0.3, -0.25) is 9.67 Å². The highest BCUT2D eigenvalue weighted by Crippen LogP contribution is 2.19. The molecule has 1 aromatic carbocycles. The van der Waals surface area contributed by atoms with E-state index in [9.17, 15) is 0 Å². The predicted octanol–water partition coefficient (Wildman–Crippen LogP) is 2.57. The van der Waals surface area contributed by atoms with E-state index < -0.39 is 0 Å². The van der Waals surface area contributed by atoms with Gasteiger partial charge in [0, 0.05) is 49.1 Å². The van der Waals surface area contributed by atoms with Gasteiger partial charge in [0.25, 0.3) is 0 Å². The second-order valence-corrected chi connectivity index (χ2v) is 6.61. The number of halogens is 1. The molecule has 1 heterocycles. The fourth-order valence-corrected chi connectivity index (χ4v) is 2.91. The van der Waals surface area contributed by atoms with E-state index >= 15 is 0 Å². The third-order valence-corrected chi connectivity index (χ3v) is 4.43. The van der Waals surface area contributed by atoms with Crippen molar-refractivity contribution >= 4 is 29.3 Å². The van der Waals surface area contributed by atoms with Crippen LogP contribution in [0.5, 0.6) is 0 Å². The summed E-state index contributed by atoms with van der Waals surface area (Å²) in [6.45, 7) is 1.68. The highest BCUT2D eigenvalue weighted by Gasteiger charge is 2.00. The number of aromatic nitrogens is 2. The third-order valence-electron chi connectivity index (χ3n) is 3.16. The van der Waals surface area contributed by atoms with Crippen molar-refractivity contribution < 1.29 is 0 Å². The maximum Gasteiger partial charge on any atom is 0.191 e. The Kier molecular flexibility index (Phi) is 7.29. The van der Waals surface area contributed by atoms with E-state index in [2.05, 4.69) is 20.7 Å². The second-order valence-electron chi connectivity index (χ2n) is 5.00. The maximum atomic E-state index is 5.88. The molecule has 0 radical (unpaired) electrons. The molecule has 0 aliphatic carbocycles. The molecule has 0 aliphatic heterocycles. The van der Waals surface area contributed by atoms with E-state index in [1.807, 2.05) is 48.4 Å². The van der Waals surface area contributed by atoms with Crippen molar-refractivity contribution in [3.8, 4) is 0 Å². The quantitative estimate of drug-likeness (QED) is 0.348. The minimum Gasteiger partial charge on any atom is -0.356 e. The Morgan fingerprint density at radius 1 is 1.26 bits per heavy atom. The summed E-state index contributed by atoms with van der Waals surface area (Å²) in [6, 6.07) is 7.90. The van der Waals surface area contributed by atoms with Gasteiger partial charge in [-0.15, -0.1) is 11.8 Å². The normalized spacial score (nSPS) is 11.5. The number of rotatable bonds is 7. The molecule has 2 N–H and O–H groups in total. The average molecular weight is 352 g/mol. The van der Waals surface area contributed by atoms with Gasteiger partial charge in [-0.2, -0.15) is 5.10 Å². The van der Waals surface area contributed by atoms with Crippen LogP contribution in [-0.2, 0) is 13.5 Å². The number of aliphatic imine (C=N–C) groups is 1. The molecule has 0 aliphatic rings. The fourth-order valence-electron chi connectivity index (χ4n) is 2.02. The highest BCUT2D eigenvalue weighted by atomic mass is 35.5. The van der Waals surface area contributed by atoms with Crippen molar-refractivity contribution in [3.05, 3.63) is 47.2 Å². The Morgan fingerprint density at radius 2 is 2.00 bits per heavy atom. The Morgan fingerprint density at radius 3 is 2.65 bits per heavy atom. The molecular formula is C16H22ClN5S. The zero-order valence-corrected chi connectivity index (χ0v) is 15.0. The lowest BCUT2D eigenvalue weighted by atomic mass is 10.2. The lowest BCUT2D eigenvalue weighted by Gasteiger charge is -2.11. The molecule has 1 aromatic heterocycles. The first-order chi connectivity index (χ1) is 11.2. The van der Waals surface area contributed by atoms with Crippen molar-refractivity contribution in [1.82, 2.24) is 20.4 Å². The van der Waals surface area contributed by atoms with E-state index in [1.54, 1.807) is 18.8 Å². The summed E-state index contributed by atoms with van der Waals surface area (Å²) in [5, 5.41) is 11.6. The van der Waals surface area contributed by atoms with Crippen LogP contribution in [0.2, 0.25) is 5.02 Å². The average Bonchev–Trinajstić information content (AvgIpc) is 2.97. The molecule has 0 fully saturated rings. The van der Waals surface area contributed by atoms with E-state index in [4.69, 9.17) is 11.6 Å². The van der Waals surface area contributed by atoms with Gasteiger partial charge in [-0.1, -0.05) is 11.6 Å².